The number of amides is 1. The molecule has 1 N–H and O–H groups in total. The highest BCUT2D eigenvalue weighted by atomic mass is 19.4. The van der Waals surface area contributed by atoms with Crippen molar-refractivity contribution in [3.05, 3.63) is 11.9 Å². The topological polar surface area (TPSA) is 91.6 Å². The zero-order valence-corrected chi connectivity index (χ0v) is 19.2. The summed E-state index contributed by atoms with van der Waals surface area (Å²) in [4.78, 5) is 26.2. The molecule has 0 radical (unpaired) electrons. The third-order valence-electron chi connectivity index (χ3n) is 5.97. The van der Waals surface area contributed by atoms with Crippen molar-refractivity contribution in [2.75, 3.05) is 32.7 Å². The predicted molar refractivity (Wildman–Crippen MR) is 112 cm³/mol. The Bertz CT molecular complexity index is 767. The number of likely N-dealkylation sites (tertiary alicyclic amines) is 2. The van der Waals surface area contributed by atoms with Gasteiger partial charge in [0.05, 0.1) is 17.7 Å². The Morgan fingerprint density at radius 3 is 2.19 bits per heavy atom. The van der Waals surface area contributed by atoms with Crippen LogP contribution in [0.25, 0.3) is 0 Å². The van der Waals surface area contributed by atoms with E-state index in [4.69, 9.17) is 9.90 Å². The van der Waals surface area contributed by atoms with Gasteiger partial charge in [0.25, 0.3) is 0 Å². The number of hydrogen-bond donors (Lipinski definition) is 1. The standard InChI is InChI=1S/C19H33N5O.C2HF3O2/c1-5-22-10-6-7-15(13-22)18(25)23-11-8-16(9-12-23)24-14-17(20-21-24)19(2,3)4;3-2(4,5)1(6)7/h14-16H,5-13H2,1-4H3;(H,6,7). The van der Waals surface area contributed by atoms with Crippen LogP contribution in [0.15, 0.2) is 6.20 Å². The molecule has 8 nitrogen and oxygen atoms in total. The number of halogens is 3. The van der Waals surface area contributed by atoms with Gasteiger partial charge in [-0.2, -0.15) is 13.2 Å². The highest BCUT2D eigenvalue weighted by Gasteiger charge is 2.38. The van der Waals surface area contributed by atoms with Crippen molar-refractivity contribution in [2.24, 2.45) is 5.92 Å². The molecule has 0 spiro atoms. The van der Waals surface area contributed by atoms with E-state index in [-0.39, 0.29) is 11.3 Å². The van der Waals surface area contributed by atoms with Crippen molar-refractivity contribution >= 4 is 11.9 Å². The van der Waals surface area contributed by atoms with Gasteiger partial charge in [0.2, 0.25) is 5.91 Å². The highest BCUT2D eigenvalue weighted by Crippen LogP contribution is 2.27. The molecule has 2 saturated heterocycles. The van der Waals surface area contributed by atoms with Crippen molar-refractivity contribution in [1.29, 1.82) is 0 Å². The Labute approximate surface area is 186 Å². The van der Waals surface area contributed by atoms with Crippen LogP contribution in [0.5, 0.6) is 0 Å². The first-order valence-electron chi connectivity index (χ1n) is 11.1. The van der Waals surface area contributed by atoms with Crippen LogP contribution in [0.3, 0.4) is 0 Å². The second-order valence-corrected chi connectivity index (χ2v) is 9.43. The summed E-state index contributed by atoms with van der Waals surface area (Å²) in [5.74, 6) is -2.19. The molecule has 3 heterocycles. The predicted octanol–water partition coefficient (Wildman–Crippen LogP) is 3.10. The smallest absolute Gasteiger partial charge is 0.475 e. The number of carboxylic acids is 1. The normalized spacial score (nSPS) is 21.1. The number of carbonyl (C=O) groups is 2. The molecule has 11 heteroatoms. The largest absolute Gasteiger partial charge is 0.490 e. The molecule has 0 bridgehead atoms. The summed E-state index contributed by atoms with van der Waals surface area (Å²) in [7, 11) is 0. The third kappa shape index (κ3) is 7.18. The molecule has 1 aromatic rings. The number of rotatable bonds is 3. The van der Waals surface area contributed by atoms with Gasteiger partial charge >= 0.3 is 12.1 Å². The monoisotopic (exact) mass is 461 g/mol. The number of hydrogen-bond acceptors (Lipinski definition) is 5. The fourth-order valence-electron chi connectivity index (χ4n) is 3.95. The van der Waals surface area contributed by atoms with E-state index in [0.717, 1.165) is 64.1 Å². The van der Waals surface area contributed by atoms with Crippen molar-refractivity contribution in [3.8, 4) is 0 Å². The molecule has 0 aliphatic carbocycles. The maximum Gasteiger partial charge on any atom is 0.490 e. The molecular weight excluding hydrogens is 427 g/mol. The number of aliphatic carboxylic acids is 1. The Kier molecular flexibility index (Phi) is 8.67. The van der Waals surface area contributed by atoms with Crippen LogP contribution < -0.4 is 0 Å². The second-order valence-electron chi connectivity index (χ2n) is 9.43. The number of carboxylic acid groups (broad SMARTS) is 1. The maximum atomic E-state index is 12.9. The molecule has 0 aromatic carbocycles. The molecule has 0 saturated carbocycles. The van der Waals surface area contributed by atoms with E-state index in [1.54, 1.807) is 0 Å². The zero-order valence-electron chi connectivity index (χ0n) is 19.2. The lowest BCUT2D eigenvalue weighted by Crippen LogP contribution is -2.47. The van der Waals surface area contributed by atoms with Crippen molar-refractivity contribution in [2.45, 2.75) is 71.0 Å². The number of nitrogens with zero attached hydrogens (tertiary/aromatic N) is 5. The van der Waals surface area contributed by atoms with Gasteiger partial charge < -0.3 is 14.9 Å². The van der Waals surface area contributed by atoms with Crippen LogP contribution >= 0.6 is 0 Å². The van der Waals surface area contributed by atoms with Gasteiger partial charge in [0, 0.05) is 31.2 Å². The molecule has 3 rings (SSSR count). The first kappa shape index (κ1) is 26.1. The van der Waals surface area contributed by atoms with Gasteiger partial charge in [0.1, 0.15) is 0 Å². The Hall–Kier alpha value is -2.17. The average Bonchev–Trinajstić information content (AvgIpc) is 3.24. The SMILES string of the molecule is CCN1CCCC(C(=O)N2CCC(n3cc(C(C)(C)C)nn3)CC2)C1.O=C(O)C(F)(F)F. The average molecular weight is 462 g/mol. The fourth-order valence-corrected chi connectivity index (χ4v) is 3.95. The molecule has 2 fully saturated rings. The molecular formula is C21H34F3N5O3. The van der Waals surface area contributed by atoms with E-state index < -0.39 is 12.1 Å². The van der Waals surface area contributed by atoms with E-state index in [1.165, 1.54) is 0 Å². The minimum absolute atomic E-state index is 0.0288. The molecule has 2 aliphatic heterocycles. The minimum atomic E-state index is -5.08. The molecule has 182 valence electrons. The van der Waals surface area contributed by atoms with Crippen LogP contribution in [-0.2, 0) is 15.0 Å². The van der Waals surface area contributed by atoms with Crippen LogP contribution in [0.4, 0.5) is 13.2 Å². The maximum absolute atomic E-state index is 12.9. The summed E-state index contributed by atoms with van der Waals surface area (Å²) in [5, 5.41) is 15.8. The minimum Gasteiger partial charge on any atom is -0.475 e. The summed E-state index contributed by atoms with van der Waals surface area (Å²) >= 11 is 0. The summed E-state index contributed by atoms with van der Waals surface area (Å²) in [6.07, 6.45) is 1.15. The molecule has 1 amide bonds. The first-order chi connectivity index (χ1) is 14.8. The van der Waals surface area contributed by atoms with Crippen LogP contribution in [0.1, 0.15) is 65.1 Å². The first-order valence-corrected chi connectivity index (χ1v) is 11.1. The molecule has 1 atom stereocenters. The molecule has 2 aliphatic rings. The van der Waals surface area contributed by atoms with E-state index in [0.29, 0.717) is 11.9 Å². The Morgan fingerprint density at radius 1 is 1.12 bits per heavy atom. The molecule has 1 unspecified atom stereocenters. The lowest BCUT2D eigenvalue weighted by molar-refractivity contribution is -0.192. The lowest BCUT2D eigenvalue weighted by atomic mass is 9.93. The summed E-state index contributed by atoms with van der Waals surface area (Å²) in [5.41, 5.74) is 1.06. The lowest BCUT2D eigenvalue weighted by Gasteiger charge is -2.37. The summed E-state index contributed by atoms with van der Waals surface area (Å²) in [6.45, 7) is 13.5. The summed E-state index contributed by atoms with van der Waals surface area (Å²) < 4.78 is 33.8. The number of aromatic nitrogens is 3. The highest BCUT2D eigenvalue weighted by molar-refractivity contribution is 5.79. The van der Waals surface area contributed by atoms with Gasteiger partial charge in [-0.05, 0) is 38.8 Å². The number of piperidine rings is 2. The van der Waals surface area contributed by atoms with Crippen molar-refractivity contribution in [3.63, 3.8) is 0 Å². The summed E-state index contributed by atoms with van der Waals surface area (Å²) in [6, 6.07) is 0.367. The van der Waals surface area contributed by atoms with Gasteiger partial charge in [-0.3, -0.25) is 4.79 Å². The van der Waals surface area contributed by atoms with Crippen LogP contribution in [0.2, 0.25) is 0 Å². The van der Waals surface area contributed by atoms with E-state index in [2.05, 4.69) is 54.0 Å². The quantitative estimate of drug-likeness (QED) is 0.744. The zero-order chi connectivity index (χ0) is 24.1. The third-order valence-corrected chi connectivity index (χ3v) is 5.97. The van der Waals surface area contributed by atoms with Crippen LogP contribution in [0, 0.1) is 5.92 Å². The number of alkyl halides is 3. The van der Waals surface area contributed by atoms with Crippen molar-refractivity contribution < 1.29 is 27.9 Å². The number of carbonyl (C=O) groups excluding carboxylic acids is 1. The second kappa shape index (κ2) is 10.6. The van der Waals surface area contributed by atoms with Gasteiger partial charge in [-0.15, -0.1) is 5.10 Å². The van der Waals surface area contributed by atoms with Gasteiger partial charge in [-0.25, -0.2) is 9.48 Å². The fraction of sp³-hybridized carbons (Fsp3) is 0.810. The van der Waals surface area contributed by atoms with Gasteiger partial charge in [-0.1, -0.05) is 32.9 Å². The van der Waals surface area contributed by atoms with Crippen molar-refractivity contribution in [1.82, 2.24) is 24.8 Å². The van der Waals surface area contributed by atoms with Crippen LogP contribution in [-0.4, -0.2) is 80.7 Å². The van der Waals surface area contributed by atoms with Gasteiger partial charge in [0.15, 0.2) is 0 Å². The van der Waals surface area contributed by atoms with E-state index >= 15 is 0 Å². The molecule has 1 aromatic heterocycles. The van der Waals surface area contributed by atoms with E-state index in [9.17, 15) is 18.0 Å². The van der Waals surface area contributed by atoms with E-state index in [1.807, 2.05) is 4.68 Å². The Balaban J connectivity index is 0.000000451. The Morgan fingerprint density at radius 2 is 1.72 bits per heavy atom. The molecule has 32 heavy (non-hydrogen) atoms.